The van der Waals surface area contributed by atoms with Crippen LogP contribution in [0.2, 0.25) is 0 Å². The van der Waals surface area contributed by atoms with Crippen LogP contribution >= 0.6 is 0 Å². The molecule has 7 nitrogen and oxygen atoms in total. The average Bonchev–Trinajstić information content (AvgIpc) is 2.79. The van der Waals surface area contributed by atoms with Crippen LogP contribution in [0.15, 0.2) is 6.20 Å². The lowest BCUT2D eigenvalue weighted by Crippen LogP contribution is -2.38. The number of carbonyl (C=O) groups excluding carboxylic acids is 1. The fourth-order valence-corrected chi connectivity index (χ4v) is 1.81. The fourth-order valence-electron chi connectivity index (χ4n) is 1.81. The molecular formula is C13H22N4O3. The third-order valence-electron chi connectivity index (χ3n) is 3.06. The van der Waals surface area contributed by atoms with Crippen LogP contribution in [0.3, 0.4) is 0 Å². The van der Waals surface area contributed by atoms with E-state index in [1.807, 2.05) is 6.92 Å². The molecule has 0 saturated heterocycles. The maximum Gasteiger partial charge on any atom is 0.317 e. The van der Waals surface area contributed by atoms with Crippen molar-refractivity contribution in [3.63, 3.8) is 0 Å². The lowest BCUT2D eigenvalue weighted by Gasteiger charge is -2.17. The van der Waals surface area contributed by atoms with Crippen molar-refractivity contribution in [2.75, 3.05) is 20.1 Å². The molecule has 0 fully saturated rings. The molecule has 20 heavy (non-hydrogen) atoms. The fraction of sp³-hybridized carbons (Fsp3) is 0.615. The number of aryl methyl sites for hydroxylation is 2. The zero-order valence-corrected chi connectivity index (χ0v) is 12.0. The first-order chi connectivity index (χ1) is 9.50. The van der Waals surface area contributed by atoms with E-state index in [1.165, 1.54) is 4.90 Å². The van der Waals surface area contributed by atoms with E-state index in [9.17, 15) is 9.59 Å². The number of carboxylic acid groups (broad SMARTS) is 1. The van der Waals surface area contributed by atoms with Crippen molar-refractivity contribution < 1.29 is 14.7 Å². The van der Waals surface area contributed by atoms with Gasteiger partial charge < -0.3 is 15.3 Å². The van der Waals surface area contributed by atoms with Crippen molar-refractivity contribution in [2.24, 2.45) is 0 Å². The summed E-state index contributed by atoms with van der Waals surface area (Å²) < 4.78 is 0. The van der Waals surface area contributed by atoms with Gasteiger partial charge in [-0.1, -0.05) is 0 Å². The minimum absolute atomic E-state index is 0.0807. The SMILES string of the molecule is Cc1[nH]ncc1CCCNC(=O)N(C)CCCC(=O)O. The molecule has 0 aliphatic rings. The highest BCUT2D eigenvalue weighted by molar-refractivity contribution is 5.73. The monoisotopic (exact) mass is 282 g/mol. The van der Waals surface area contributed by atoms with Gasteiger partial charge in [0.05, 0.1) is 6.20 Å². The van der Waals surface area contributed by atoms with Gasteiger partial charge >= 0.3 is 12.0 Å². The van der Waals surface area contributed by atoms with Crippen LogP contribution in [0.25, 0.3) is 0 Å². The largest absolute Gasteiger partial charge is 0.481 e. The Morgan fingerprint density at radius 3 is 2.80 bits per heavy atom. The van der Waals surface area contributed by atoms with Gasteiger partial charge in [0, 0.05) is 32.3 Å². The normalized spacial score (nSPS) is 10.3. The van der Waals surface area contributed by atoms with Crippen molar-refractivity contribution >= 4 is 12.0 Å². The first-order valence-electron chi connectivity index (χ1n) is 6.70. The summed E-state index contributed by atoms with van der Waals surface area (Å²) in [5.74, 6) is -0.839. The Balaban J connectivity index is 2.13. The number of aromatic amines is 1. The van der Waals surface area contributed by atoms with Gasteiger partial charge in [-0.2, -0.15) is 5.10 Å². The van der Waals surface area contributed by atoms with Crippen LogP contribution in [0.5, 0.6) is 0 Å². The topological polar surface area (TPSA) is 98.3 Å². The first-order valence-corrected chi connectivity index (χ1v) is 6.70. The summed E-state index contributed by atoms with van der Waals surface area (Å²) in [5.41, 5.74) is 2.22. The molecule has 0 aliphatic heterocycles. The van der Waals surface area contributed by atoms with Gasteiger partial charge in [-0.05, 0) is 31.7 Å². The summed E-state index contributed by atoms with van der Waals surface area (Å²) in [4.78, 5) is 23.6. The number of urea groups is 1. The van der Waals surface area contributed by atoms with E-state index in [0.717, 1.165) is 24.1 Å². The molecule has 112 valence electrons. The molecule has 0 bridgehead atoms. The molecule has 0 saturated carbocycles. The Hall–Kier alpha value is -2.05. The Morgan fingerprint density at radius 1 is 1.45 bits per heavy atom. The predicted molar refractivity (Wildman–Crippen MR) is 74.5 cm³/mol. The van der Waals surface area contributed by atoms with Crippen LogP contribution in [0.1, 0.15) is 30.5 Å². The van der Waals surface area contributed by atoms with Gasteiger partial charge in [-0.25, -0.2) is 4.79 Å². The Labute approximate surface area is 118 Å². The van der Waals surface area contributed by atoms with Gasteiger partial charge in [-0.3, -0.25) is 9.89 Å². The molecule has 0 aromatic carbocycles. The molecule has 0 radical (unpaired) electrons. The zero-order chi connectivity index (χ0) is 15.0. The number of H-pyrrole nitrogens is 1. The van der Waals surface area contributed by atoms with Gasteiger partial charge in [-0.15, -0.1) is 0 Å². The number of aliphatic carboxylic acids is 1. The van der Waals surface area contributed by atoms with Crippen LogP contribution in [-0.2, 0) is 11.2 Å². The van der Waals surface area contributed by atoms with Crippen LogP contribution in [-0.4, -0.2) is 52.3 Å². The minimum Gasteiger partial charge on any atom is -0.481 e. The number of carbonyl (C=O) groups is 2. The average molecular weight is 282 g/mol. The predicted octanol–water partition coefficient (Wildman–Crippen LogP) is 1.16. The number of nitrogens with one attached hydrogen (secondary N) is 2. The van der Waals surface area contributed by atoms with E-state index in [1.54, 1.807) is 13.2 Å². The molecular weight excluding hydrogens is 260 g/mol. The van der Waals surface area contributed by atoms with Crippen LogP contribution < -0.4 is 5.32 Å². The smallest absolute Gasteiger partial charge is 0.317 e. The Morgan fingerprint density at radius 2 is 2.20 bits per heavy atom. The third kappa shape index (κ3) is 5.73. The van der Waals surface area contributed by atoms with Crippen molar-refractivity contribution in [2.45, 2.75) is 32.6 Å². The highest BCUT2D eigenvalue weighted by atomic mass is 16.4. The first kappa shape index (κ1) is 16.0. The second kappa shape index (κ2) is 8.19. The maximum absolute atomic E-state index is 11.7. The molecule has 0 atom stereocenters. The highest BCUT2D eigenvalue weighted by Gasteiger charge is 2.08. The molecule has 1 heterocycles. The number of nitrogens with zero attached hydrogens (tertiary/aromatic N) is 2. The van der Waals surface area contributed by atoms with Gasteiger partial charge in [0.25, 0.3) is 0 Å². The summed E-state index contributed by atoms with van der Waals surface area (Å²) >= 11 is 0. The Kier molecular flexibility index (Phi) is 6.55. The molecule has 0 aliphatic carbocycles. The molecule has 1 aromatic rings. The van der Waals surface area contributed by atoms with Crippen molar-refractivity contribution in [1.29, 1.82) is 0 Å². The molecule has 1 rings (SSSR count). The molecule has 0 spiro atoms. The second-order valence-corrected chi connectivity index (χ2v) is 4.77. The lowest BCUT2D eigenvalue weighted by molar-refractivity contribution is -0.137. The van der Waals surface area contributed by atoms with Crippen LogP contribution in [0.4, 0.5) is 4.79 Å². The van der Waals surface area contributed by atoms with E-state index in [2.05, 4.69) is 15.5 Å². The lowest BCUT2D eigenvalue weighted by atomic mass is 10.1. The van der Waals surface area contributed by atoms with Gasteiger partial charge in [0.15, 0.2) is 0 Å². The third-order valence-corrected chi connectivity index (χ3v) is 3.06. The standard InChI is InChI=1S/C13H22N4O3/c1-10-11(9-15-16-10)5-3-7-14-13(20)17(2)8-4-6-12(18)19/h9H,3-8H2,1-2H3,(H,14,20)(H,15,16)(H,18,19). The van der Waals surface area contributed by atoms with Crippen molar-refractivity contribution in [3.8, 4) is 0 Å². The number of carboxylic acids is 1. The molecule has 1 aromatic heterocycles. The van der Waals surface area contributed by atoms with E-state index in [-0.39, 0.29) is 12.5 Å². The van der Waals surface area contributed by atoms with E-state index in [0.29, 0.717) is 19.5 Å². The second-order valence-electron chi connectivity index (χ2n) is 4.77. The number of rotatable bonds is 8. The molecule has 2 amide bonds. The van der Waals surface area contributed by atoms with Gasteiger partial charge in [0.1, 0.15) is 0 Å². The minimum atomic E-state index is -0.839. The number of hydrogen-bond donors (Lipinski definition) is 3. The van der Waals surface area contributed by atoms with E-state index >= 15 is 0 Å². The van der Waals surface area contributed by atoms with Crippen molar-refractivity contribution in [1.82, 2.24) is 20.4 Å². The summed E-state index contributed by atoms with van der Waals surface area (Å²) in [6.07, 6.45) is 4.06. The molecule has 3 N–H and O–H groups in total. The molecule has 0 unspecified atom stereocenters. The number of aromatic nitrogens is 2. The summed E-state index contributed by atoms with van der Waals surface area (Å²) in [6, 6.07) is -0.167. The number of amides is 2. The Bertz CT molecular complexity index is 445. The maximum atomic E-state index is 11.7. The van der Waals surface area contributed by atoms with E-state index < -0.39 is 5.97 Å². The molecule has 7 heteroatoms. The van der Waals surface area contributed by atoms with E-state index in [4.69, 9.17) is 5.11 Å². The quantitative estimate of drug-likeness (QED) is 0.623. The van der Waals surface area contributed by atoms with Gasteiger partial charge in [0.2, 0.25) is 0 Å². The summed E-state index contributed by atoms with van der Waals surface area (Å²) in [7, 11) is 1.66. The highest BCUT2D eigenvalue weighted by Crippen LogP contribution is 2.05. The summed E-state index contributed by atoms with van der Waals surface area (Å²) in [5, 5.41) is 18.2. The van der Waals surface area contributed by atoms with Crippen LogP contribution in [0, 0.1) is 6.92 Å². The summed E-state index contributed by atoms with van der Waals surface area (Å²) in [6.45, 7) is 3.00. The number of hydrogen-bond acceptors (Lipinski definition) is 3. The zero-order valence-electron chi connectivity index (χ0n) is 12.0. The van der Waals surface area contributed by atoms with Crippen molar-refractivity contribution in [3.05, 3.63) is 17.5 Å².